The summed E-state index contributed by atoms with van der Waals surface area (Å²) in [7, 11) is 0. The number of hydrogen-bond acceptors (Lipinski definition) is 4. The molecule has 0 aliphatic heterocycles. The molecule has 0 radical (unpaired) electrons. The first-order valence-corrected chi connectivity index (χ1v) is 9.94. The van der Waals surface area contributed by atoms with Crippen LogP contribution in [0.1, 0.15) is 20.3 Å². The van der Waals surface area contributed by atoms with Crippen LogP contribution in [0, 0.1) is 3.57 Å². The summed E-state index contributed by atoms with van der Waals surface area (Å²) < 4.78 is 1.09. The first-order valence-electron chi connectivity index (χ1n) is 8.48. The molecule has 0 fully saturated rings. The van der Waals surface area contributed by atoms with E-state index in [0.717, 1.165) is 26.9 Å². The highest BCUT2D eigenvalue weighted by Crippen LogP contribution is 2.28. The van der Waals surface area contributed by atoms with Gasteiger partial charge in [0, 0.05) is 21.2 Å². The second kappa shape index (κ2) is 8.68. The highest BCUT2D eigenvalue weighted by atomic mass is 127. The smallest absolute Gasteiger partial charge is 0.225 e. The van der Waals surface area contributed by atoms with E-state index in [-0.39, 0.29) is 6.04 Å². The Labute approximate surface area is 172 Å². The minimum atomic E-state index is 0.288. The summed E-state index contributed by atoms with van der Waals surface area (Å²) in [5, 5.41) is 7.33. The van der Waals surface area contributed by atoms with E-state index in [9.17, 15) is 0 Å². The van der Waals surface area contributed by atoms with Crippen molar-refractivity contribution >= 4 is 51.6 Å². The van der Waals surface area contributed by atoms with Crippen LogP contribution >= 0.6 is 34.2 Å². The molecule has 4 nitrogen and oxygen atoms in total. The Bertz CT molecular complexity index is 886. The number of rotatable bonds is 6. The van der Waals surface area contributed by atoms with Crippen LogP contribution in [0.15, 0.2) is 54.6 Å². The summed E-state index contributed by atoms with van der Waals surface area (Å²) in [5.41, 5.74) is 2.72. The van der Waals surface area contributed by atoms with Gasteiger partial charge in [0.05, 0.1) is 16.4 Å². The van der Waals surface area contributed by atoms with Crippen molar-refractivity contribution in [1.82, 2.24) is 9.97 Å². The molecule has 2 N–H and O–H groups in total. The van der Waals surface area contributed by atoms with Crippen LogP contribution in [0.25, 0.3) is 11.3 Å². The molecule has 6 heteroatoms. The van der Waals surface area contributed by atoms with Gasteiger partial charge in [0.15, 0.2) is 0 Å². The fourth-order valence-electron chi connectivity index (χ4n) is 2.38. The van der Waals surface area contributed by atoms with E-state index < -0.39 is 0 Å². The van der Waals surface area contributed by atoms with Crippen LogP contribution in [0.3, 0.4) is 0 Å². The van der Waals surface area contributed by atoms with Crippen LogP contribution in [0.2, 0.25) is 5.02 Å². The molecule has 0 spiro atoms. The summed E-state index contributed by atoms with van der Waals surface area (Å²) in [6.45, 7) is 4.24. The lowest BCUT2D eigenvalue weighted by atomic mass is 10.1. The van der Waals surface area contributed by atoms with Crippen molar-refractivity contribution in [3.05, 3.63) is 63.2 Å². The molecule has 0 bridgehead atoms. The Hall–Kier alpha value is -1.86. The molecule has 0 aliphatic rings. The molecule has 1 heterocycles. The molecule has 3 aromatic rings. The van der Waals surface area contributed by atoms with Gasteiger partial charge in [-0.2, -0.15) is 4.98 Å². The van der Waals surface area contributed by atoms with Crippen molar-refractivity contribution in [2.24, 2.45) is 0 Å². The molecular weight excluding hydrogens is 459 g/mol. The summed E-state index contributed by atoms with van der Waals surface area (Å²) in [5.74, 6) is 1.30. The lowest BCUT2D eigenvalue weighted by Crippen LogP contribution is -2.16. The van der Waals surface area contributed by atoms with E-state index in [2.05, 4.69) is 57.0 Å². The van der Waals surface area contributed by atoms with Gasteiger partial charge >= 0.3 is 0 Å². The molecule has 26 heavy (non-hydrogen) atoms. The van der Waals surface area contributed by atoms with Crippen LogP contribution in [-0.2, 0) is 0 Å². The SMILES string of the molecule is CC[C@@H](C)Nc1nc(Nc2ccc(I)cc2Cl)cc(-c2ccccc2)n1. The maximum absolute atomic E-state index is 6.36. The minimum absolute atomic E-state index is 0.288. The normalized spacial score (nSPS) is 11.8. The topological polar surface area (TPSA) is 49.8 Å². The fourth-order valence-corrected chi connectivity index (χ4v) is 3.29. The molecule has 0 saturated heterocycles. The molecule has 134 valence electrons. The Morgan fingerprint density at radius 1 is 1.08 bits per heavy atom. The molecular formula is C20H20ClIN4. The maximum Gasteiger partial charge on any atom is 0.225 e. The van der Waals surface area contributed by atoms with Gasteiger partial charge in [-0.3, -0.25) is 0 Å². The number of nitrogens with one attached hydrogen (secondary N) is 2. The Morgan fingerprint density at radius 3 is 2.54 bits per heavy atom. The Kier molecular flexibility index (Phi) is 6.32. The zero-order valence-electron chi connectivity index (χ0n) is 14.6. The standard InChI is InChI=1S/C20H20ClIN4/c1-3-13(2)23-20-25-18(14-7-5-4-6-8-14)12-19(26-20)24-17-10-9-15(22)11-16(17)21/h4-13H,3H2,1-2H3,(H2,23,24,25,26)/t13-/m1/s1. The zero-order valence-corrected chi connectivity index (χ0v) is 17.5. The van der Waals surface area contributed by atoms with Gasteiger partial charge in [0.1, 0.15) is 5.82 Å². The summed E-state index contributed by atoms with van der Waals surface area (Å²) in [4.78, 5) is 9.29. The van der Waals surface area contributed by atoms with E-state index in [1.165, 1.54) is 0 Å². The molecule has 0 saturated carbocycles. The monoisotopic (exact) mass is 478 g/mol. The molecule has 2 aromatic carbocycles. The molecule has 1 atom stereocenters. The summed E-state index contributed by atoms with van der Waals surface area (Å²) >= 11 is 8.60. The number of nitrogens with zero attached hydrogens (tertiary/aromatic N) is 2. The van der Waals surface area contributed by atoms with E-state index in [4.69, 9.17) is 11.6 Å². The fraction of sp³-hybridized carbons (Fsp3) is 0.200. The van der Waals surface area contributed by atoms with Crippen molar-refractivity contribution in [3.63, 3.8) is 0 Å². The van der Waals surface area contributed by atoms with Crippen molar-refractivity contribution in [2.75, 3.05) is 10.6 Å². The van der Waals surface area contributed by atoms with E-state index >= 15 is 0 Å². The van der Waals surface area contributed by atoms with Gasteiger partial charge in [0.2, 0.25) is 5.95 Å². The zero-order chi connectivity index (χ0) is 18.5. The Morgan fingerprint density at radius 2 is 1.85 bits per heavy atom. The van der Waals surface area contributed by atoms with E-state index in [0.29, 0.717) is 16.8 Å². The predicted octanol–water partition coefficient (Wildman–Crippen LogP) is 6.36. The molecule has 0 aliphatic carbocycles. The first-order chi connectivity index (χ1) is 12.5. The summed E-state index contributed by atoms with van der Waals surface area (Å²) in [6, 6.07) is 18.2. The third-order valence-electron chi connectivity index (χ3n) is 3.98. The average molecular weight is 479 g/mol. The first kappa shape index (κ1) is 18.9. The quantitative estimate of drug-likeness (QED) is 0.405. The van der Waals surface area contributed by atoms with Crippen LogP contribution in [0.5, 0.6) is 0 Å². The van der Waals surface area contributed by atoms with Gasteiger partial charge in [-0.1, -0.05) is 48.9 Å². The van der Waals surface area contributed by atoms with Gasteiger partial charge in [-0.05, 0) is 54.1 Å². The van der Waals surface area contributed by atoms with E-state index in [1.54, 1.807) is 0 Å². The maximum atomic E-state index is 6.36. The second-order valence-corrected chi connectivity index (χ2v) is 7.68. The highest BCUT2D eigenvalue weighted by molar-refractivity contribution is 14.1. The number of hydrogen-bond donors (Lipinski definition) is 2. The number of aromatic nitrogens is 2. The molecule has 0 unspecified atom stereocenters. The molecule has 0 amide bonds. The van der Waals surface area contributed by atoms with Crippen molar-refractivity contribution in [1.29, 1.82) is 0 Å². The number of halogens is 2. The van der Waals surface area contributed by atoms with Crippen LogP contribution in [-0.4, -0.2) is 16.0 Å². The van der Waals surface area contributed by atoms with Gasteiger partial charge in [-0.25, -0.2) is 4.98 Å². The van der Waals surface area contributed by atoms with Crippen LogP contribution < -0.4 is 10.6 Å². The molecule has 1 aromatic heterocycles. The second-order valence-electron chi connectivity index (χ2n) is 6.03. The lowest BCUT2D eigenvalue weighted by Gasteiger charge is -2.15. The van der Waals surface area contributed by atoms with Crippen molar-refractivity contribution < 1.29 is 0 Å². The predicted molar refractivity (Wildman–Crippen MR) is 118 cm³/mol. The largest absolute Gasteiger partial charge is 0.352 e. The third kappa shape index (κ3) is 4.86. The average Bonchev–Trinajstić information content (AvgIpc) is 2.64. The van der Waals surface area contributed by atoms with Crippen molar-refractivity contribution in [3.8, 4) is 11.3 Å². The summed E-state index contributed by atoms with van der Waals surface area (Å²) in [6.07, 6.45) is 0.991. The van der Waals surface area contributed by atoms with E-state index in [1.807, 2.05) is 54.6 Å². The molecule has 3 rings (SSSR count). The van der Waals surface area contributed by atoms with Gasteiger partial charge in [-0.15, -0.1) is 0 Å². The minimum Gasteiger partial charge on any atom is -0.352 e. The third-order valence-corrected chi connectivity index (χ3v) is 4.96. The number of benzene rings is 2. The van der Waals surface area contributed by atoms with Crippen LogP contribution in [0.4, 0.5) is 17.5 Å². The van der Waals surface area contributed by atoms with Crippen molar-refractivity contribution in [2.45, 2.75) is 26.3 Å². The Balaban J connectivity index is 1.98. The van der Waals surface area contributed by atoms with Gasteiger partial charge in [0.25, 0.3) is 0 Å². The lowest BCUT2D eigenvalue weighted by molar-refractivity contribution is 0.753. The van der Waals surface area contributed by atoms with Gasteiger partial charge < -0.3 is 10.6 Å². The highest BCUT2D eigenvalue weighted by Gasteiger charge is 2.10. The number of anilines is 3.